The molecule has 126 valence electrons. The molecular weight excluding hydrogens is 308 g/mol. The normalized spacial score (nSPS) is 24.5. The number of pyridine rings is 1. The molecule has 0 bridgehead atoms. The van der Waals surface area contributed by atoms with E-state index in [0.29, 0.717) is 13.1 Å². The van der Waals surface area contributed by atoms with Gasteiger partial charge in [-0.1, -0.05) is 11.2 Å². The largest absolute Gasteiger partial charge is 0.440 e. The molecule has 0 aromatic carbocycles. The predicted molar refractivity (Wildman–Crippen MR) is 86.1 cm³/mol. The maximum atomic E-state index is 11.7. The van der Waals surface area contributed by atoms with Crippen LogP contribution in [0, 0.1) is 0 Å². The van der Waals surface area contributed by atoms with Gasteiger partial charge in [-0.05, 0) is 31.5 Å². The molecule has 2 saturated heterocycles. The van der Waals surface area contributed by atoms with Gasteiger partial charge in [-0.3, -0.25) is 9.88 Å². The number of piperidine rings is 1. The van der Waals surface area contributed by atoms with Crippen molar-refractivity contribution in [2.75, 3.05) is 26.7 Å². The molecular formula is C17H20N4O3. The molecule has 2 aromatic rings. The number of ether oxygens (including phenoxy) is 1. The standard InChI is InChI=1S/C17H20N4O3/c1-20-11-17(23-16(20)22)6-4-8-21(12-17)10-13-9-15(19-24-13)14-5-2-3-7-18-14/h2-3,5,7,9H,4,6,8,10-12H2,1H3/t17-/m0/s1. The molecule has 4 heterocycles. The van der Waals surface area contributed by atoms with Gasteiger partial charge in [0.2, 0.25) is 0 Å². The summed E-state index contributed by atoms with van der Waals surface area (Å²) in [5.74, 6) is 0.797. The first-order valence-corrected chi connectivity index (χ1v) is 8.17. The van der Waals surface area contributed by atoms with Gasteiger partial charge in [0.15, 0.2) is 5.76 Å². The van der Waals surface area contributed by atoms with Gasteiger partial charge in [-0.15, -0.1) is 0 Å². The zero-order chi connectivity index (χ0) is 16.6. The number of carbonyl (C=O) groups excluding carboxylic acids is 1. The lowest BCUT2D eigenvalue weighted by Gasteiger charge is -2.37. The number of rotatable bonds is 3. The third-order valence-electron chi connectivity index (χ3n) is 4.63. The predicted octanol–water partition coefficient (Wildman–Crippen LogP) is 2.15. The number of likely N-dealkylation sites (tertiary alicyclic amines) is 1. The maximum Gasteiger partial charge on any atom is 0.410 e. The molecule has 0 aliphatic carbocycles. The van der Waals surface area contributed by atoms with E-state index in [1.165, 1.54) is 0 Å². The molecule has 4 rings (SSSR count). The minimum Gasteiger partial charge on any atom is -0.440 e. The molecule has 0 radical (unpaired) electrons. The lowest BCUT2D eigenvalue weighted by atomic mass is 9.93. The van der Waals surface area contributed by atoms with Crippen molar-refractivity contribution in [3.8, 4) is 11.4 Å². The molecule has 2 aromatic heterocycles. The molecule has 0 unspecified atom stereocenters. The van der Waals surface area contributed by atoms with Gasteiger partial charge >= 0.3 is 6.09 Å². The van der Waals surface area contributed by atoms with E-state index >= 15 is 0 Å². The van der Waals surface area contributed by atoms with Crippen LogP contribution in [0.3, 0.4) is 0 Å². The van der Waals surface area contributed by atoms with Gasteiger partial charge < -0.3 is 14.2 Å². The second-order valence-electron chi connectivity index (χ2n) is 6.61. The Labute approximate surface area is 140 Å². The van der Waals surface area contributed by atoms with Crippen LogP contribution in [0.25, 0.3) is 11.4 Å². The Morgan fingerprint density at radius 2 is 2.21 bits per heavy atom. The second-order valence-corrected chi connectivity index (χ2v) is 6.61. The molecule has 24 heavy (non-hydrogen) atoms. The van der Waals surface area contributed by atoms with Gasteiger partial charge in [0.05, 0.1) is 18.8 Å². The summed E-state index contributed by atoms with van der Waals surface area (Å²) >= 11 is 0. The highest BCUT2D eigenvalue weighted by atomic mass is 16.6. The van der Waals surface area contributed by atoms with Crippen LogP contribution in [0.2, 0.25) is 0 Å². The van der Waals surface area contributed by atoms with Crippen LogP contribution in [0.1, 0.15) is 18.6 Å². The topological polar surface area (TPSA) is 71.7 Å². The van der Waals surface area contributed by atoms with E-state index in [1.54, 1.807) is 18.1 Å². The van der Waals surface area contributed by atoms with E-state index in [0.717, 1.165) is 43.1 Å². The number of nitrogens with zero attached hydrogens (tertiary/aromatic N) is 4. The third kappa shape index (κ3) is 2.87. The summed E-state index contributed by atoms with van der Waals surface area (Å²) in [5.41, 5.74) is 1.16. The first-order chi connectivity index (χ1) is 11.6. The molecule has 1 amide bonds. The third-order valence-corrected chi connectivity index (χ3v) is 4.63. The van der Waals surface area contributed by atoms with Gasteiger partial charge in [0, 0.05) is 25.9 Å². The van der Waals surface area contributed by atoms with Crippen molar-refractivity contribution >= 4 is 6.09 Å². The van der Waals surface area contributed by atoms with Crippen molar-refractivity contribution < 1.29 is 14.1 Å². The van der Waals surface area contributed by atoms with Crippen LogP contribution in [-0.4, -0.2) is 58.3 Å². The maximum absolute atomic E-state index is 11.7. The number of hydrogen-bond donors (Lipinski definition) is 0. The van der Waals surface area contributed by atoms with Gasteiger partial charge in [0.1, 0.15) is 11.3 Å². The summed E-state index contributed by atoms with van der Waals surface area (Å²) in [6.07, 6.45) is 3.43. The Bertz CT molecular complexity index is 732. The van der Waals surface area contributed by atoms with Crippen LogP contribution < -0.4 is 0 Å². The SMILES string of the molecule is CN1C[C@]2(CCCN(Cc3cc(-c4ccccn4)no3)C2)OC1=O. The highest BCUT2D eigenvalue weighted by Gasteiger charge is 2.46. The highest BCUT2D eigenvalue weighted by Crippen LogP contribution is 2.32. The van der Waals surface area contributed by atoms with Gasteiger partial charge in [-0.25, -0.2) is 4.79 Å². The van der Waals surface area contributed by atoms with E-state index in [2.05, 4.69) is 15.0 Å². The fourth-order valence-corrected chi connectivity index (χ4v) is 3.57. The number of aromatic nitrogens is 2. The van der Waals surface area contributed by atoms with Crippen molar-refractivity contribution in [1.82, 2.24) is 19.9 Å². The molecule has 7 heteroatoms. The van der Waals surface area contributed by atoms with E-state index in [9.17, 15) is 4.79 Å². The number of hydrogen-bond acceptors (Lipinski definition) is 6. The average Bonchev–Trinajstić information content (AvgIpc) is 3.14. The van der Waals surface area contributed by atoms with E-state index < -0.39 is 0 Å². The molecule has 0 N–H and O–H groups in total. The first kappa shape index (κ1) is 15.1. The quantitative estimate of drug-likeness (QED) is 0.860. The second kappa shape index (κ2) is 5.90. The van der Waals surface area contributed by atoms with Crippen LogP contribution in [0.5, 0.6) is 0 Å². The van der Waals surface area contributed by atoms with E-state index in [-0.39, 0.29) is 11.7 Å². The van der Waals surface area contributed by atoms with E-state index in [4.69, 9.17) is 9.26 Å². The lowest BCUT2D eigenvalue weighted by molar-refractivity contribution is -0.0134. The fraction of sp³-hybridized carbons (Fsp3) is 0.471. The Kier molecular flexibility index (Phi) is 3.72. The molecule has 2 fully saturated rings. The minimum absolute atomic E-state index is 0.228. The average molecular weight is 328 g/mol. The number of likely N-dealkylation sites (N-methyl/N-ethyl adjacent to an activating group) is 1. The summed E-state index contributed by atoms with van der Waals surface area (Å²) in [6, 6.07) is 7.63. The minimum atomic E-state index is -0.381. The molecule has 2 aliphatic rings. The summed E-state index contributed by atoms with van der Waals surface area (Å²) in [5, 5.41) is 4.11. The highest BCUT2D eigenvalue weighted by molar-refractivity contribution is 5.70. The Morgan fingerprint density at radius 3 is 2.96 bits per heavy atom. The smallest absolute Gasteiger partial charge is 0.410 e. The van der Waals surface area contributed by atoms with Crippen LogP contribution >= 0.6 is 0 Å². The van der Waals surface area contributed by atoms with Crippen LogP contribution in [0.4, 0.5) is 4.79 Å². The van der Waals surface area contributed by atoms with Gasteiger partial charge in [-0.2, -0.15) is 0 Å². The van der Waals surface area contributed by atoms with Crippen molar-refractivity contribution in [3.05, 3.63) is 36.2 Å². The Hall–Kier alpha value is -2.41. The van der Waals surface area contributed by atoms with Crippen molar-refractivity contribution in [2.45, 2.75) is 25.0 Å². The molecule has 7 nitrogen and oxygen atoms in total. The van der Waals surface area contributed by atoms with Crippen molar-refractivity contribution in [1.29, 1.82) is 0 Å². The summed E-state index contributed by atoms with van der Waals surface area (Å²) in [6.45, 7) is 2.99. The molecule has 2 aliphatic heterocycles. The summed E-state index contributed by atoms with van der Waals surface area (Å²) in [4.78, 5) is 19.9. The number of carbonyl (C=O) groups is 1. The first-order valence-electron chi connectivity index (χ1n) is 8.17. The van der Waals surface area contributed by atoms with Gasteiger partial charge in [0.25, 0.3) is 0 Å². The van der Waals surface area contributed by atoms with E-state index in [1.807, 2.05) is 24.3 Å². The van der Waals surface area contributed by atoms with Crippen molar-refractivity contribution in [2.24, 2.45) is 0 Å². The molecule has 0 saturated carbocycles. The van der Waals surface area contributed by atoms with Crippen molar-refractivity contribution in [3.63, 3.8) is 0 Å². The molecule has 1 atom stereocenters. The number of amides is 1. The Balaban J connectivity index is 1.44. The lowest BCUT2D eigenvalue weighted by Crippen LogP contribution is -2.50. The van der Waals surface area contributed by atoms with Crippen LogP contribution in [0.15, 0.2) is 35.0 Å². The zero-order valence-electron chi connectivity index (χ0n) is 13.6. The Morgan fingerprint density at radius 1 is 1.29 bits per heavy atom. The zero-order valence-corrected chi connectivity index (χ0v) is 13.6. The fourth-order valence-electron chi connectivity index (χ4n) is 3.57. The monoisotopic (exact) mass is 328 g/mol. The molecule has 1 spiro atoms. The summed E-state index contributed by atoms with van der Waals surface area (Å²) in [7, 11) is 1.78. The van der Waals surface area contributed by atoms with Crippen LogP contribution in [-0.2, 0) is 11.3 Å². The summed E-state index contributed by atoms with van der Waals surface area (Å²) < 4.78 is 11.1.